The summed E-state index contributed by atoms with van der Waals surface area (Å²) in [6.07, 6.45) is 0.671. The number of benzene rings is 1. The molecule has 0 unspecified atom stereocenters. The molecule has 1 N–H and O–H groups in total. The van der Waals surface area contributed by atoms with Gasteiger partial charge in [0.1, 0.15) is 11.4 Å². The summed E-state index contributed by atoms with van der Waals surface area (Å²) >= 11 is 0. The number of carbonyl (C=O) groups is 2. The number of ether oxygens (including phenoxy) is 1. The molecule has 8 heteroatoms. The van der Waals surface area contributed by atoms with Crippen LogP contribution in [0, 0.1) is 13.8 Å². The average molecular weight is 384 g/mol. The molecule has 1 aromatic carbocycles. The van der Waals surface area contributed by atoms with Crippen molar-refractivity contribution in [2.45, 2.75) is 20.3 Å². The number of amides is 2. The first kappa shape index (κ1) is 19.6. The largest absolute Gasteiger partial charge is 0.483 e. The number of hydrogen-bond acceptors (Lipinski definition) is 5. The fourth-order valence-electron chi connectivity index (χ4n) is 3.11. The van der Waals surface area contributed by atoms with Gasteiger partial charge in [0.2, 0.25) is 0 Å². The molecule has 3 rings (SSSR count). The molecule has 148 valence electrons. The highest BCUT2D eigenvalue weighted by Crippen LogP contribution is 2.20. The number of carbonyl (C=O) groups excluding carboxylic acids is 2. The number of nitrogens with zero attached hydrogens (tertiary/aromatic N) is 3. The molecule has 0 radical (unpaired) electrons. The molecule has 0 aliphatic carbocycles. The molecule has 8 nitrogen and oxygen atoms in total. The summed E-state index contributed by atoms with van der Waals surface area (Å²) in [4.78, 5) is 39.6. The van der Waals surface area contributed by atoms with Crippen molar-refractivity contribution in [1.82, 2.24) is 20.0 Å². The SMILES string of the molecule is Cc1cccc(OCC(=O)N2CCCN(C(=O)c3ccc(=O)[nH]n3)CC2)c1C. The number of aromatic amines is 1. The molecular formula is C20H24N4O4. The van der Waals surface area contributed by atoms with Crippen LogP contribution in [0.2, 0.25) is 0 Å². The van der Waals surface area contributed by atoms with Crippen LogP contribution in [0.3, 0.4) is 0 Å². The number of aryl methyl sites for hydroxylation is 1. The first-order valence-corrected chi connectivity index (χ1v) is 9.27. The van der Waals surface area contributed by atoms with Crippen molar-refractivity contribution in [3.8, 4) is 5.75 Å². The van der Waals surface area contributed by atoms with Gasteiger partial charge in [0.05, 0.1) is 0 Å². The maximum absolute atomic E-state index is 12.5. The quantitative estimate of drug-likeness (QED) is 0.853. The summed E-state index contributed by atoms with van der Waals surface area (Å²) < 4.78 is 5.71. The lowest BCUT2D eigenvalue weighted by molar-refractivity contribution is -0.133. The third-order valence-corrected chi connectivity index (χ3v) is 4.94. The minimum Gasteiger partial charge on any atom is -0.483 e. The van der Waals surface area contributed by atoms with E-state index in [9.17, 15) is 14.4 Å². The van der Waals surface area contributed by atoms with Crippen LogP contribution in [-0.2, 0) is 4.79 Å². The molecule has 1 fully saturated rings. The molecular weight excluding hydrogens is 360 g/mol. The van der Waals surface area contributed by atoms with Gasteiger partial charge in [-0.1, -0.05) is 12.1 Å². The Labute approximate surface area is 163 Å². The Balaban J connectivity index is 1.56. The van der Waals surface area contributed by atoms with Crippen molar-refractivity contribution < 1.29 is 14.3 Å². The van der Waals surface area contributed by atoms with Crippen LogP contribution in [-0.4, -0.2) is 64.6 Å². The Kier molecular flexibility index (Phi) is 6.08. The summed E-state index contributed by atoms with van der Waals surface area (Å²) in [5.74, 6) is 0.360. The molecule has 2 aromatic rings. The van der Waals surface area contributed by atoms with Gasteiger partial charge in [-0.15, -0.1) is 0 Å². The van der Waals surface area contributed by atoms with E-state index in [4.69, 9.17) is 4.74 Å². The van der Waals surface area contributed by atoms with Crippen LogP contribution in [0.5, 0.6) is 5.75 Å². The number of nitrogens with one attached hydrogen (secondary N) is 1. The Morgan fingerprint density at radius 2 is 1.82 bits per heavy atom. The lowest BCUT2D eigenvalue weighted by Crippen LogP contribution is -2.39. The molecule has 0 saturated carbocycles. The fourth-order valence-corrected chi connectivity index (χ4v) is 3.11. The van der Waals surface area contributed by atoms with E-state index in [2.05, 4.69) is 10.2 Å². The third-order valence-electron chi connectivity index (χ3n) is 4.94. The summed E-state index contributed by atoms with van der Waals surface area (Å²) in [5.41, 5.74) is 1.98. The summed E-state index contributed by atoms with van der Waals surface area (Å²) in [6, 6.07) is 8.45. The Morgan fingerprint density at radius 3 is 2.57 bits per heavy atom. The van der Waals surface area contributed by atoms with E-state index in [1.54, 1.807) is 9.80 Å². The lowest BCUT2D eigenvalue weighted by Gasteiger charge is -2.22. The van der Waals surface area contributed by atoms with Crippen molar-refractivity contribution in [3.05, 3.63) is 57.5 Å². The maximum Gasteiger partial charge on any atom is 0.274 e. The lowest BCUT2D eigenvalue weighted by atomic mass is 10.1. The zero-order valence-corrected chi connectivity index (χ0v) is 16.1. The molecule has 0 bridgehead atoms. The van der Waals surface area contributed by atoms with Gasteiger partial charge in [0.25, 0.3) is 17.4 Å². The van der Waals surface area contributed by atoms with E-state index in [0.717, 1.165) is 11.1 Å². The van der Waals surface area contributed by atoms with Crippen molar-refractivity contribution in [1.29, 1.82) is 0 Å². The molecule has 0 atom stereocenters. The van der Waals surface area contributed by atoms with Crippen LogP contribution in [0.25, 0.3) is 0 Å². The number of rotatable bonds is 4. The molecule has 2 amide bonds. The standard InChI is InChI=1S/C20H24N4O4/c1-14-5-3-6-17(15(14)2)28-13-19(26)23-9-4-10-24(12-11-23)20(27)16-7-8-18(25)22-21-16/h3,5-8H,4,9-13H2,1-2H3,(H,22,25). The minimum absolute atomic E-state index is 0.0281. The molecule has 0 spiro atoms. The Hall–Kier alpha value is -3.16. The van der Waals surface area contributed by atoms with Gasteiger partial charge >= 0.3 is 0 Å². The van der Waals surface area contributed by atoms with E-state index < -0.39 is 0 Å². The zero-order valence-electron chi connectivity index (χ0n) is 16.1. The highest BCUT2D eigenvalue weighted by Gasteiger charge is 2.24. The molecule has 2 heterocycles. The molecule has 1 saturated heterocycles. The second kappa shape index (κ2) is 8.69. The second-order valence-corrected chi connectivity index (χ2v) is 6.82. The zero-order chi connectivity index (χ0) is 20.1. The third kappa shape index (κ3) is 4.57. The highest BCUT2D eigenvalue weighted by atomic mass is 16.5. The fraction of sp³-hybridized carbons (Fsp3) is 0.400. The van der Waals surface area contributed by atoms with Crippen molar-refractivity contribution in [2.75, 3.05) is 32.8 Å². The average Bonchev–Trinajstić information content (AvgIpc) is 2.95. The van der Waals surface area contributed by atoms with Gasteiger partial charge in [0, 0.05) is 32.2 Å². The summed E-state index contributed by atoms with van der Waals surface area (Å²) in [5, 5.41) is 6.06. The van der Waals surface area contributed by atoms with Gasteiger partial charge in [-0.2, -0.15) is 5.10 Å². The van der Waals surface area contributed by atoms with E-state index in [1.807, 2.05) is 32.0 Å². The van der Waals surface area contributed by atoms with Gasteiger partial charge in [-0.25, -0.2) is 5.10 Å². The first-order chi connectivity index (χ1) is 13.5. The van der Waals surface area contributed by atoms with Crippen LogP contribution in [0.15, 0.2) is 35.1 Å². The highest BCUT2D eigenvalue weighted by molar-refractivity contribution is 5.92. The molecule has 28 heavy (non-hydrogen) atoms. The van der Waals surface area contributed by atoms with Crippen LogP contribution in [0.1, 0.15) is 28.0 Å². The van der Waals surface area contributed by atoms with Crippen LogP contribution >= 0.6 is 0 Å². The number of aromatic nitrogens is 2. The maximum atomic E-state index is 12.5. The smallest absolute Gasteiger partial charge is 0.274 e. The first-order valence-electron chi connectivity index (χ1n) is 9.27. The van der Waals surface area contributed by atoms with Gasteiger partial charge in [-0.3, -0.25) is 14.4 Å². The van der Waals surface area contributed by atoms with Gasteiger partial charge in [0.15, 0.2) is 6.61 Å². The Bertz CT molecular complexity index is 904. The van der Waals surface area contributed by atoms with Gasteiger partial charge in [-0.05, 0) is 43.5 Å². The second-order valence-electron chi connectivity index (χ2n) is 6.82. The number of hydrogen-bond donors (Lipinski definition) is 1. The monoisotopic (exact) mass is 384 g/mol. The van der Waals surface area contributed by atoms with E-state index in [-0.39, 0.29) is 29.7 Å². The van der Waals surface area contributed by atoms with Crippen LogP contribution in [0.4, 0.5) is 0 Å². The Morgan fingerprint density at radius 1 is 1.07 bits per heavy atom. The normalized spacial score (nSPS) is 14.5. The van der Waals surface area contributed by atoms with Crippen molar-refractivity contribution in [3.63, 3.8) is 0 Å². The predicted octanol–water partition coefficient (Wildman–Crippen LogP) is 1.14. The number of H-pyrrole nitrogens is 1. The van der Waals surface area contributed by atoms with Gasteiger partial charge < -0.3 is 14.5 Å². The topological polar surface area (TPSA) is 95.6 Å². The summed E-state index contributed by atoms with van der Waals surface area (Å²) in [6.45, 7) is 5.88. The van der Waals surface area contributed by atoms with Crippen molar-refractivity contribution >= 4 is 11.8 Å². The molecule has 1 aliphatic rings. The van der Waals surface area contributed by atoms with E-state index in [0.29, 0.717) is 38.3 Å². The van der Waals surface area contributed by atoms with E-state index >= 15 is 0 Å². The summed E-state index contributed by atoms with van der Waals surface area (Å²) in [7, 11) is 0. The molecule has 1 aromatic heterocycles. The minimum atomic E-state index is -0.354. The predicted molar refractivity (Wildman–Crippen MR) is 103 cm³/mol. The van der Waals surface area contributed by atoms with Crippen molar-refractivity contribution in [2.24, 2.45) is 0 Å². The van der Waals surface area contributed by atoms with E-state index in [1.165, 1.54) is 12.1 Å². The van der Waals surface area contributed by atoms with Crippen LogP contribution < -0.4 is 10.3 Å². The molecule has 1 aliphatic heterocycles.